The molecule has 4 rings (SSSR count). The minimum atomic E-state index is -0.200. The first kappa shape index (κ1) is 15.3. The predicted molar refractivity (Wildman–Crippen MR) is 96.4 cm³/mol. The zero-order chi connectivity index (χ0) is 17.1. The molecule has 2 N–H and O–H groups in total. The SMILES string of the molecule is O=c1[nH]c2cc3c(cc2cc1C=NNCc1ccccc1)OCCO3. The van der Waals surface area contributed by atoms with Gasteiger partial charge in [0.15, 0.2) is 11.5 Å². The second-order valence-corrected chi connectivity index (χ2v) is 5.72. The molecule has 0 amide bonds. The number of ether oxygens (including phenoxy) is 2. The second kappa shape index (κ2) is 6.68. The normalized spacial score (nSPS) is 13.3. The molecule has 0 aliphatic carbocycles. The van der Waals surface area contributed by atoms with Crippen LogP contribution in [0.4, 0.5) is 0 Å². The molecule has 25 heavy (non-hydrogen) atoms. The molecule has 3 aromatic rings. The van der Waals surface area contributed by atoms with Gasteiger partial charge in [-0.15, -0.1) is 0 Å². The lowest BCUT2D eigenvalue weighted by Gasteiger charge is -2.18. The Kier molecular flexibility index (Phi) is 4.08. The number of aromatic amines is 1. The number of hydrazone groups is 1. The van der Waals surface area contributed by atoms with Gasteiger partial charge in [0.25, 0.3) is 5.56 Å². The summed E-state index contributed by atoms with van der Waals surface area (Å²) < 4.78 is 11.1. The van der Waals surface area contributed by atoms with Gasteiger partial charge in [-0.2, -0.15) is 5.10 Å². The third-order valence-electron chi connectivity index (χ3n) is 3.96. The Labute approximate surface area is 144 Å². The van der Waals surface area contributed by atoms with Crippen molar-refractivity contribution in [1.82, 2.24) is 10.4 Å². The Morgan fingerprint density at radius 1 is 1.08 bits per heavy atom. The van der Waals surface area contributed by atoms with Gasteiger partial charge in [-0.05, 0) is 17.7 Å². The van der Waals surface area contributed by atoms with Crippen LogP contribution < -0.4 is 20.5 Å². The van der Waals surface area contributed by atoms with E-state index < -0.39 is 0 Å². The number of rotatable bonds is 4. The number of nitrogens with zero attached hydrogens (tertiary/aromatic N) is 1. The van der Waals surface area contributed by atoms with E-state index >= 15 is 0 Å². The Hall–Kier alpha value is -3.28. The van der Waals surface area contributed by atoms with Crippen molar-refractivity contribution in [2.75, 3.05) is 13.2 Å². The highest BCUT2D eigenvalue weighted by Crippen LogP contribution is 2.33. The minimum Gasteiger partial charge on any atom is -0.486 e. The zero-order valence-electron chi connectivity index (χ0n) is 13.5. The summed E-state index contributed by atoms with van der Waals surface area (Å²) in [4.78, 5) is 15.1. The van der Waals surface area contributed by atoms with E-state index in [4.69, 9.17) is 9.47 Å². The molecule has 0 saturated carbocycles. The molecule has 0 saturated heterocycles. The van der Waals surface area contributed by atoms with E-state index in [2.05, 4.69) is 15.5 Å². The number of H-pyrrole nitrogens is 1. The molecule has 0 radical (unpaired) electrons. The van der Waals surface area contributed by atoms with Crippen LogP contribution in [0.5, 0.6) is 11.5 Å². The highest BCUT2D eigenvalue weighted by molar-refractivity contribution is 5.89. The van der Waals surface area contributed by atoms with Crippen molar-refractivity contribution in [2.45, 2.75) is 6.54 Å². The van der Waals surface area contributed by atoms with Crippen LogP contribution in [-0.2, 0) is 6.54 Å². The van der Waals surface area contributed by atoms with Gasteiger partial charge in [-0.3, -0.25) is 4.79 Å². The lowest BCUT2D eigenvalue weighted by atomic mass is 10.1. The molecule has 6 nitrogen and oxygen atoms in total. The van der Waals surface area contributed by atoms with Crippen molar-refractivity contribution < 1.29 is 9.47 Å². The topological polar surface area (TPSA) is 75.7 Å². The summed E-state index contributed by atoms with van der Waals surface area (Å²) in [6.45, 7) is 1.64. The Morgan fingerprint density at radius 3 is 2.64 bits per heavy atom. The molecule has 1 aliphatic rings. The summed E-state index contributed by atoms with van der Waals surface area (Å²) in [6, 6.07) is 15.4. The third-order valence-corrected chi connectivity index (χ3v) is 3.96. The second-order valence-electron chi connectivity index (χ2n) is 5.72. The van der Waals surface area contributed by atoms with Crippen LogP contribution in [-0.4, -0.2) is 24.4 Å². The summed E-state index contributed by atoms with van der Waals surface area (Å²) in [7, 11) is 0. The lowest BCUT2D eigenvalue weighted by molar-refractivity contribution is 0.172. The summed E-state index contributed by atoms with van der Waals surface area (Å²) in [5.41, 5.74) is 5.06. The lowest BCUT2D eigenvalue weighted by Crippen LogP contribution is -2.16. The molecule has 2 aromatic carbocycles. The predicted octanol–water partition coefficient (Wildman–Crippen LogP) is 2.42. The quantitative estimate of drug-likeness (QED) is 0.567. The van der Waals surface area contributed by atoms with Crippen molar-refractivity contribution in [3.05, 3.63) is 70.0 Å². The maximum Gasteiger partial charge on any atom is 0.257 e. The van der Waals surface area contributed by atoms with Crippen LogP contribution in [0, 0.1) is 0 Å². The minimum absolute atomic E-state index is 0.200. The fraction of sp³-hybridized carbons (Fsp3) is 0.158. The van der Waals surface area contributed by atoms with E-state index in [1.807, 2.05) is 36.4 Å². The van der Waals surface area contributed by atoms with Crippen molar-refractivity contribution in [3.63, 3.8) is 0 Å². The van der Waals surface area contributed by atoms with Crippen molar-refractivity contribution in [1.29, 1.82) is 0 Å². The van der Waals surface area contributed by atoms with Crippen LogP contribution in [0.1, 0.15) is 11.1 Å². The Morgan fingerprint density at radius 2 is 1.84 bits per heavy atom. The fourth-order valence-electron chi connectivity index (χ4n) is 2.70. The molecule has 0 spiro atoms. The fourth-order valence-corrected chi connectivity index (χ4v) is 2.70. The average molecular weight is 335 g/mol. The van der Waals surface area contributed by atoms with Gasteiger partial charge in [0.1, 0.15) is 13.2 Å². The monoisotopic (exact) mass is 335 g/mol. The van der Waals surface area contributed by atoms with Gasteiger partial charge in [0.05, 0.1) is 23.8 Å². The van der Waals surface area contributed by atoms with E-state index in [1.165, 1.54) is 6.21 Å². The number of benzene rings is 2. The van der Waals surface area contributed by atoms with Crippen molar-refractivity contribution in [2.24, 2.45) is 5.10 Å². The molecule has 0 fully saturated rings. The summed E-state index contributed by atoms with van der Waals surface area (Å²) >= 11 is 0. The van der Waals surface area contributed by atoms with E-state index in [0.717, 1.165) is 10.9 Å². The van der Waals surface area contributed by atoms with E-state index in [1.54, 1.807) is 12.1 Å². The average Bonchev–Trinajstić information content (AvgIpc) is 2.65. The molecule has 1 aliphatic heterocycles. The summed E-state index contributed by atoms with van der Waals surface area (Å²) in [5.74, 6) is 1.34. The van der Waals surface area contributed by atoms with Crippen LogP contribution >= 0.6 is 0 Å². The Balaban J connectivity index is 1.56. The molecule has 0 bridgehead atoms. The molecular weight excluding hydrogens is 318 g/mol. The van der Waals surface area contributed by atoms with Gasteiger partial charge in [0.2, 0.25) is 0 Å². The first-order valence-corrected chi connectivity index (χ1v) is 8.06. The maximum absolute atomic E-state index is 12.2. The zero-order valence-corrected chi connectivity index (χ0v) is 13.5. The summed E-state index contributed by atoms with van der Waals surface area (Å²) in [5, 5.41) is 5.01. The Bertz CT molecular complexity index is 980. The van der Waals surface area contributed by atoms with Crippen molar-refractivity contribution in [3.8, 4) is 11.5 Å². The number of nitrogens with one attached hydrogen (secondary N) is 2. The number of aromatic nitrogens is 1. The van der Waals surface area contributed by atoms with E-state index in [0.29, 0.717) is 42.3 Å². The van der Waals surface area contributed by atoms with Crippen molar-refractivity contribution >= 4 is 17.1 Å². The highest BCUT2D eigenvalue weighted by atomic mass is 16.6. The number of fused-ring (bicyclic) bond motifs is 2. The number of hydrogen-bond acceptors (Lipinski definition) is 5. The number of pyridine rings is 1. The van der Waals surface area contributed by atoms with Crippen LogP contribution in [0.3, 0.4) is 0 Å². The molecule has 2 heterocycles. The van der Waals surface area contributed by atoms with Crippen LogP contribution in [0.15, 0.2) is 58.4 Å². The van der Waals surface area contributed by atoms with Crippen LogP contribution in [0.25, 0.3) is 10.9 Å². The molecule has 6 heteroatoms. The smallest absolute Gasteiger partial charge is 0.257 e. The van der Waals surface area contributed by atoms with Gasteiger partial charge in [-0.1, -0.05) is 30.3 Å². The van der Waals surface area contributed by atoms with Gasteiger partial charge in [0, 0.05) is 11.5 Å². The third kappa shape index (κ3) is 3.33. The number of hydrogen-bond donors (Lipinski definition) is 2. The van der Waals surface area contributed by atoms with Gasteiger partial charge < -0.3 is 19.9 Å². The first-order valence-electron chi connectivity index (χ1n) is 8.06. The van der Waals surface area contributed by atoms with Crippen LogP contribution in [0.2, 0.25) is 0 Å². The molecule has 0 atom stereocenters. The van der Waals surface area contributed by atoms with E-state index in [9.17, 15) is 4.79 Å². The standard InChI is InChI=1S/C19H17N3O3/c23-19-15(12-21-20-11-13-4-2-1-3-5-13)8-14-9-17-18(10-16(14)22-19)25-7-6-24-17/h1-5,8-10,12,20H,6-7,11H2,(H,22,23). The molecule has 126 valence electrons. The molecule has 0 unspecified atom stereocenters. The molecule has 1 aromatic heterocycles. The first-order chi connectivity index (χ1) is 12.3. The van der Waals surface area contributed by atoms with Gasteiger partial charge in [-0.25, -0.2) is 0 Å². The largest absolute Gasteiger partial charge is 0.486 e. The molecular formula is C19H17N3O3. The highest BCUT2D eigenvalue weighted by Gasteiger charge is 2.13. The van der Waals surface area contributed by atoms with E-state index in [-0.39, 0.29) is 5.56 Å². The maximum atomic E-state index is 12.2. The summed E-state index contributed by atoms with van der Waals surface area (Å²) in [6.07, 6.45) is 1.53. The van der Waals surface area contributed by atoms with Gasteiger partial charge >= 0.3 is 0 Å².